The molecular formula is C16H24N4OS. The predicted molar refractivity (Wildman–Crippen MR) is 93.3 cm³/mol. The van der Waals surface area contributed by atoms with Gasteiger partial charge in [0, 0.05) is 30.4 Å². The van der Waals surface area contributed by atoms with Crippen molar-refractivity contribution in [1.82, 2.24) is 10.6 Å². The van der Waals surface area contributed by atoms with Crippen molar-refractivity contribution in [1.29, 1.82) is 0 Å². The zero-order valence-corrected chi connectivity index (χ0v) is 14.0. The summed E-state index contributed by atoms with van der Waals surface area (Å²) in [6.07, 6.45) is 2.54. The number of guanidine groups is 1. The van der Waals surface area contributed by atoms with Crippen LogP contribution in [0.1, 0.15) is 35.7 Å². The molecule has 2 rings (SSSR count). The number of carbonyl (C=O) groups excluding carboxylic acids is 1. The Morgan fingerprint density at radius 1 is 1.36 bits per heavy atom. The number of primary amides is 1. The molecule has 1 saturated heterocycles. The smallest absolute Gasteiger partial charge is 0.248 e. The van der Waals surface area contributed by atoms with Gasteiger partial charge in [-0.15, -0.1) is 0 Å². The van der Waals surface area contributed by atoms with E-state index in [1.165, 1.54) is 18.6 Å². The van der Waals surface area contributed by atoms with Crippen LogP contribution in [0.4, 0.5) is 0 Å². The van der Waals surface area contributed by atoms with E-state index in [0.717, 1.165) is 18.1 Å². The van der Waals surface area contributed by atoms with Crippen molar-refractivity contribution >= 4 is 23.6 Å². The Balaban J connectivity index is 1.82. The van der Waals surface area contributed by atoms with E-state index in [2.05, 4.69) is 22.5 Å². The molecule has 1 amide bonds. The highest BCUT2D eigenvalue weighted by molar-refractivity contribution is 8.00. The maximum atomic E-state index is 11.0. The maximum absolute atomic E-state index is 11.0. The first-order valence-electron chi connectivity index (χ1n) is 7.50. The number of aliphatic imine (C=N–C) groups is 1. The van der Waals surface area contributed by atoms with Crippen LogP contribution in [0.2, 0.25) is 0 Å². The monoisotopic (exact) mass is 320 g/mol. The summed E-state index contributed by atoms with van der Waals surface area (Å²) in [5.74, 6) is 1.64. The largest absolute Gasteiger partial charge is 0.366 e. The van der Waals surface area contributed by atoms with E-state index in [1.807, 2.05) is 23.9 Å². The lowest BCUT2D eigenvalue weighted by atomic mass is 10.1. The molecule has 0 saturated carbocycles. The number of nitrogens with one attached hydrogen (secondary N) is 2. The molecule has 22 heavy (non-hydrogen) atoms. The summed E-state index contributed by atoms with van der Waals surface area (Å²) in [6, 6.07) is 7.28. The minimum atomic E-state index is -0.403. The quantitative estimate of drug-likeness (QED) is 0.570. The first kappa shape index (κ1) is 16.7. The third-order valence-corrected chi connectivity index (χ3v) is 5.39. The van der Waals surface area contributed by atoms with Gasteiger partial charge in [0.05, 0.1) is 0 Å². The molecule has 1 aliphatic rings. The lowest BCUT2D eigenvalue weighted by Crippen LogP contribution is -2.43. The van der Waals surface area contributed by atoms with Crippen LogP contribution in [-0.2, 0) is 6.54 Å². The maximum Gasteiger partial charge on any atom is 0.248 e. The Morgan fingerprint density at radius 2 is 2.09 bits per heavy atom. The molecule has 0 spiro atoms. The van der Waals surface area contributed by atoms with Gasteiger partial charge in [-0.05, 0) is 43.2 Å². The molecule has 1 aliphatic heterocycles. The van der Waals surface area contributed by atoms with Crippen LogP contribution in [0.5, 0.6) is 0 Å². The van der Waals surface area contributed by atoms with Gasteiger partial charge in [0.2, 0.25) is 5.91 Å². The Morgan fingerprint density at radius 3 is 2.64 bits per heavy atom. The summed E-state index contributed by atoms with van der Waals surface area (Å²) in [4.78, 5) is 15.3. The van der Waals surface area contributed by atoms with Crippen molar-refractivity contribution in [2.45, 2.75) is 31.1 Å². The van der Waals surface area contributed by atoms with E-state index < -0.39 is 5.91 Å². The molecule has 1 fully saturated rings. The second-order valence-electron chi connectivity index (χ2n) is 5.74. The van der Waals surface area contributed by atoms with Gasteiger partial charge in [-0.25, -0.2) is 0 Å². The van der Waals surface area contributed by atoms with Gasteiger partial charge in [0.25, 0.3) is 0 Å². The molecule has 5 nitrogen and oxygen atoms in total. The van der Waals surface area contributed by atoms with E-state index in [0.29, 0.717) is 16.9 Å². The van der Waals surface area contributed by atoms with Crippen LogP contribution in [0.25, 0.3) is 0 Å². The fourth-order valence-corrected chi connectivity index (χ4v) is 3.68. The van der Waals surface area contributed by atoms with Crippen LogP contribution in [-0.4, -0.2) is 36.0 Å². The van der Waals surface area contributed by atoms with Crippen molar-refractivity contribution in [3.8, 4) is 0 Å². The summed E-state index contributed by atoms with van der Waals surface area (Å²) < 4.78 is 0.306. The molecule has 0 aromatic heterocycles. The van der Waals surface area contributed by atoms with Gasteiger partial charge >= 0.3 is 0 Å². The Kier molecular flexibility index (Phi) is 5.71. The number of hydrogen-bond donors (Lipinski definition) is 3. The van der Waals surface area contributed by atoms with Crippen molar-refractivity contribution in [3.05, 3.63) is 35.4 Å². The van der Waals surface area contributed by atoms with Gasteiger partial charge in [0.15, 0.2) is 5.96 Å². The minimum Gasteiger partial charge on any atom is -0.366 e. The number of benzene rings is 1. The molecule has 0 aliphatic carbocycles. The fraction of sp³-hybridized carbons (Fsp3) is 0.500. The van der Waals surface area contributed by atoms with Crippen LogP contribution in [0.15, 0.2) is 29.3 Å². The van der Waals surface area contributed by atoms with Gasteiger partial charge < -0.3 is 16.4 Å². The SMILES string of the molecule is CN=C(NCc1ccc(C(N)=O)cc1)NCC1(C)CCCS1. The van der Waals surface area contributed by atoms with Gasteiger partial charge in [0.1, 0.15) is 0 Å². The third-order valence-electron chi connectivity index (χ3n) is 3.85. The molecule has 4 N–H and O–H groups in total. The number of nitrogens with two attached hydrogens (primary N) is 1. The standard InChI is InChI=1S/C16H24N4OS/c1-16(8-3-9-22-16)11-20-15(18-2)19-10-12-4-6-13(7-5-12)14(17)21/h4-7H,3,8-11H2,1-2H3,(H2,17,21)(H2,18,19,20). The minimum absolute atomic E-state index is 0.306. The first-order chi connectivity index (χ1) is 10.5. The number of carbonyl (C=O) groups is 1. The van der Waals surface area contributed by atoms with E-state index in [-0.39, 0.29) is 0 Å². The average molecular weight is 320 g/mol. The molecule has 1 aromatic rings. The highest BCUT2D eigenvalue weighted by Gasteiger charge is 2.29. The molecular weight excluding hydrogens is 296 g/mol. The highest BCUT2D eigenvalue weighted by atomic mass is 32.2. The molecule has 6 heteroatoms. The summed E-state index contributed by atoms with van der Waals surface area (Å²) in [7, 11) is 1.77. The van der Waals surface area contributed by atoms with Gasteiger partial charge in [-0.2, -0.15) is 11.8 Å². The van der Waals surface area contributed by atoms with E-state index in [1.54, 1.807) is 19.2 Å². The van der Waals surface area contributed by atoms with Crippen LogP contribution in [0, 0.1) is 0 Å². The van der Waals surface area contributed by atoms with Gasteiger partial charge in [-0.1, -0.05) is 12.1 Å². The highest BCUT2D eigenvalue weighted by Crippen LogP contribution is 2.36. The van der Waals surface area contributed by atoms with E-state index in [9.17, 15) is 4.79 Å². The zero-order valence-electron chi connectivity index (χ0n) is 13.2. The number of rotatable bonds is 5. The zero-order chi connectivity index (χ0) is 16.0. The molecule has 1 unspecified atom stereocenters. The lowest BCUT2D eigenvalue weighted by molar-refractivity contribution is 0.100. The Bertz CT molecular complexity index is 536. The Hall–Kier alpha value is -1.69. The number of thioether (sulfide) groups is 1. The van der Waals surface area contributed by atoms with E-state index in [4.69, 9.17) is 5.73 Å². The van der Waals surface area contributed by atoms with Crippen molar-refractivity contribution in [2.24, 2.45) is 10.7 Å². The first-order valence-corrected chi connectivity index (χ1v) is 8.48. The topological polar surface area (TPSA) is 79.5 Å². The summed E-state index contributed by atoms with van der Waals surface area (Å²) >= 11 is 2.03. The van der Waals surface area contributed by atoms with Crippen LogP contribution < -0.4 is 16.4 Å². The summed E-state index contributed by atoms with van der Waals surface area (Å²) in [6.45, 7) is 3.87. The third kappa shape index (κ3) is 4.66. The second-order valence-corrected chi connectivity index (χ2v) is 7.42. The molecule has 0 bridgehead atoms. The Labute approximate surface area is 136 Å². The number of amides is 1. The molecule has 1 heterocycles. The molecule has 1 aromatic carbocycles. The predicted octanol–water partition coefficient (Wildman–Crippen LogP) is 1.74. The van der Waals surface area contributed by atoms with Crippen molar-refractivity contribution in [3.63, 3.8) is 0 Å². The van der Waals surface area contributed by atoms with Gasteiger partial charge in [-0.3, -0.25) is 9.79 Å². The van der Waals surface area contributed by atoms with Crippen molar-refractivity contribution in [2.75, 3.05) is 19.3 Å². The lowest BCUT2D eigenvalue weighted by Gasteiger charge is -2.24. The fourth-order valence-electron chi connectivity index (χ4n) is 2.44. The van der Waals surface area contributed by atoms with Crippen LogP contribution in [0.3, 0.4) is 0 Å². The molecule has 0 radical (unpaired) electrons. The van der Waals surface area contributed by atoms with Crippen LogP contribution >= 0.6 is 11.8 Å². The average Bonchev–Trinajstić information content (AvgIpc) is 2.95. The molecule has 120 valence electrons. The summed E-state index contributed by atoms with van der Waals surface area (Å²) in [5, 5.41) is 6.68. The van der Waals surface area contributed by atoms with Crippen molar-refractivity contribution < 1.29 is 4.79 Å². The molecule has 1 atom stereocenters. The number of hydrogen-bond acceptors (Lipinski definition) is 3. The number of nitrogens with zero attached hydrogens (tertiary/aromatic N) is 1. The van der Waals surface area contributed by atoms with E-state index >= 15 is 0 Å². The summed E-state index contributed by atoms with van der Waals surface area (Å²) in [5.41, 5.74) is 6.84. The normalized spacial score (nSPS) is 21.6. The second kappa shape index (κ2) is 7.54.